The first-order valence-electron chi connectivity index (χ1n) is 4.88. The van der Waals surface area contributed by atoms with Crippen LogP contribution in [0.2, 0.25) is 0 Å². The summed E-state index contributed by atoms with van der Waals surface area (Å²) >= 11 is 5.07. The molecule has 1 rings (SSSR count). The standard InChI is InChI=1S/C11H15BrN2OS/c1-15-7-6-14-11(13)8-16-10-4-2-9(12)3-5-10/h2-5H,6-8H2,1H3,(H2,13,14). The zero-order valence-electron chi connectivity index (χ0n) is 9.15. The number of hydrogen-bond donors (Lipinski definition) is 1. The van der Waals surface area contributed by atoms with Gasteiger partial charge < -0.3 is 10.5 Å². The lowest BCUT2D eigenvalue weighted by atomic mass is 10.4. The molecule has 0 saturated carbocycles. The summed E-state index contributed by atoms with van der Waals surface area (Å²) in [5.41, 5.74) is 5.76. The molecule has 5 heteroatoms. The zero-order valence-corrected chi connectivity index (χ0v) is 11.6. The van der Waals surface area contributed by atoms with E-state index in [0.29, 0.717) is 24.7 Å². The smallest absolute Gasteiger partial charge is 0.104 e. The summed E-state index contributed by atoms with van der Waals surface area (Å²) in [6, 6.07) is 8.13. The monoisotopic (exact) mass is 302 g/mol. The number of amidine groups is 1. The summed E-state index contributed by atoms with van der Waals surface area (Å²) in [6.45, 7) is 1.24. The molecule has 0 bridgehead atoms. The van der Waals surface area contributed by atoms with Crippen molar-refractivity contribution >= 4 is 33.5 Å². The Hall–Kier alpha value is -0.520. The molecule has 0 radical (unpaired) electrons. The second-order valence-electron chi connectivity index (χ2n) is 3.11. The number of aliphatic imine (C=N–C) groups is 1. The Kier molecular flexibility index (Phi) is 6.52. The Bertz CT molecular complexity index is 340. The maximum atomic E-state index is 5.76. The predicted octanol–water partition coefficient (Wildman–Crippen LogP) is 2.54. The van der Waals surface area contributed by atoms with Gasteiger partial charge in [-0.25, -0.2) is 0 Å². The highest BCUT2D eigenvalue weighted by Gasteiger charge is 1.96. The van der Waals surface area contributed by atoms with Gasteiger partial charge in [0.05, 0.1) is 18.9 Å². The number of benzene rings is 1. The van der Waals surface area contributed by atoms with Gasteiger partial charge in [-0.1, -0.05) is 15.9 Å². The fourth-order valence-electron chi connectivity index (χ4n) is 1.01. The number of hydrogen-bond acceptors (Lipinski definition) is 3. The highest BCUT2D eigenvalue weighted by atomic mass is 79.9. The third-order valence-electron chi connectivity index (χ3n) is 1.81. The second kappa shape index (κ2) is 7.70. The van der Waals surface area contributed by atoms with E-state index in [1.54, 1.807) is 18.9 Å². The Morgan fingerprint density at radius 3 is 2.75 bits per heavy atom. The van der Waals surface area contributed by atoms with Crippen LogP contribution in [-0.4, -0.2) is 31.8 Å². The van der Waals surface area contributed by atoms with Crippen LogP contribution in [0.4, 0.5) is 0 Å². The van der Waals surface area contributed by atoms with Gasteiger partial charge in [-0.2, -0.15) is 0 Å². The molecule has 0 saturated heterocycles. The van der Waals surface area contributed by atoms with E-state index in [0.717, 1.165) is 4.47 Å². The molecule has 0 fully saturated rings. The van der Waals surface area contributed by atoms with Crippen molar-refractivity contribution in [1.29, 1.82) is 0 Å². The van der Waals surface area contributed by atoms with E-state index in [2.05, 4.69) is 33.1 Å². The molecule has 2 N–H and O–H groups in total. The fraction of sp³-hybridized carbons (Fsp3) is 0.364. The lowest BCUT2D eigenvalue weighted by Crippen LogP contribution is -2.16. The minimum atomic E-state index is 0.615. The Morgan fingerprint density at radius 2 is 2.12 bits per heavy atom. The molecule has 3 nitrogen and oxygen atoms in total. The largest absolute Gasteiger partial charge is 0.387 e. The van der Waals surface area contributed by atoms with Gasteiger partial charge in [0, 0.05) is 16.5 Å². The average Bonchev–Trinajstić information content (AvgIpc) is 2.29. The highest BCUT2D eigenvalue weighted by Crippen LogP contribution is 2.20. The van der Waals surface area contributed by atoms with Gasteiger partial charge >= 0.3 is 0 Å². The van der Waals surface area contributed by atoms with Gasteiger partial charge in [-0.05, 0) is 24.3 Å². The highest BCUT2D eigenvalue weighted by molar-refractivity contribution is 9.10. The van der Waals surface area contributed by atoms with Crippen molar-refractivity contribution in [2.24, 2.45) is 10.7 Å². The van der Waals surface area contributed by atoms with Crippen LogP contribution in [0.15, 0.2) is 38.6 Å². The number of ether oxygens (including phenoxy) is 1. The van der Waals surface area contributed by atoms with Gasteiger partial charge in [-0.15, -0.1) is 11.8 Å². The first-order valence-corrected chi connectivity index (χ1v) is 6.66. The van der Waals surface area contributed by atoms with Crippen LogP contribution in [0, 0.1) is 0 Å². The molecule has 0 aromatic heterocycles. The molecule has 0 heterocycles. The summed E-state index contributed by atoms with van der Waals surface area (Å²) in [7, 11) is 1.66. The maximum absolute atomic E-state index is 5.76. The third kappa shape index (κ3) is 5.53. The summed E-state index contributed by atoms with van der Waals surface area (Å²) in [5, 5.41) is 0. The van der Waals surface area contributed by atoms with E-state index in [4.69, 9.17) is 10.5 Å². The van der Waals surface area contributed by atoms with Crippen LogP contribution in [0.3, 0.4) is 0 Å². The number of halogens is 1. The van der Waals surface area contributed by atoms with Gasteiger partial charge in [-0.3, -0.25) is 4.99 Å². The van der Waals surface area contributed by atoms with Crippen molar-refractivity contribution in [3.63, 3.8) is 0 Å². The molecular formula is C11H15BrN2OS. The predicted molar refractivity (Wildman–Crippen MR) is 73.2 cm³/mol. The van der Waals surface area contributed by atoms with E-state index in [1.165, 1.54) is 4.90 Å². The number of rotatable bonds is 6. The maximum Gasteiger partial charge on any atom is 0.104 e. The van der Waals surface area contributed by atoms with Crippen molar-refractivity contribution < 1.29 is 4.74 Å². The van der Waals surface area contributed by atoms with Gasteiger partial charge in [0.2, 0.25) is 0 Å². The molecule has 0 aliphatic carbocycles. The Labute approximate surface area is 109 Å². The molecule has 0 aliphatic rings. The fourth-order valence-corrected chi connectivity index (χ4v) is 2.01. The van der Waals surface area contributed by atoms with E-state index < -0.39 is 0 Å². The molecule has 1 aromatic rings. The van der Waals surface area contributed by atoms with Crippen molar-refractivity contribution in [1.82, 2.24) is 0 Å². The van der Waals surface area contributed by atoms with Crippen LogP contribution in [0.25, 0.3) is 0 Å². The topological polar surface area (TPSA) is 47.6 Å². The minimum absolute atomic E-state index is 0.615. The SMILES string of the molecule is COCCN=C(N)CSc1ccc(Br)cc1. The number of thioether (sulfide) groups is 1. The van der Waals surface area contributed by atoms with E-state index in [-0.39, 0.29) is 0 Å². The molecular weight excluding hydrogens is 288 g/mol. The molecule has 0 amide bonds. The summed E-state index contributed by atoms with van der Waals surface area (Å²) in [5.74, 6) is 1.37. The number of methoxy groups -OCH3 is 1. The van der Waals surface area contributed by atoms with Crippen LogP contribution in [-0.2, 0) is 4.74 Å². The van der Waals surface area contributed by atoms with Crippen molar-refractivity contribution in [3.8, 4) is 0 Å². The first kappa shape index (κ1) is 13.5. The summed E-state index contributed by atoms with van der Waals surface area (Å²) < 4.78 is 5.98. The lowest BCUT2D eigenvalue weighted by Gasteiger charge is -2.02. The second-order valence-corrected chi connectivity index (χ2v) is 5.07. The van der Waals surface area contributed by atoms with Crippen LogP contribution in [0.1, 0.15) is 0 Å². The molecule has 0 atom stereocenters. The van der Waals surface area contributed by atoms with Gasteiger partial charge in [0.1, 0.15) is 5.84 Å². The summed E-state index contributed by atoms with van der Waals surface area (Å²) in [4.78, 5) is 5.37. The van der Waals surface area contributed by atoms with Crippen molar-refractivity contribution in [3.05, 3.63) is 28.7 Å². The molecule has 0 spiro atoms. The molecule has 0 aliphatic heterocycles. The quantitative estimate of drug-likeness (QED) is 0.380. The Morgan fingerprint density at radius 1 is 1.44 bits per heavy atom. The number of nitrogens with two attached hydrogens (primary N) is 1. The minimum Gasteiger partial charge on any atom is -0.387 e. The molecule has 0 unspecified atom stereocenters. The Balaban J connectivity index is 2.33. The molecule has 1 aromatic carbocycles. The lowest BCUT2D eigenvalue weighted by molar-refractivity contribution is 0.208. The summed E-state index contributed by atoms with van der Waals surface area (Å²) in [6.07, 6.45) is 0. The normalized spacial score (nSPS) is 11.8. The zero-order chi connectivity index (χ0) is 11.8. The van der Waals surface area contributed by atoms with Crippen LogP contribution >= 0.6 is 27.7 Å². The van der Waals surface area contributed by atoms with E-state index >= 15 is 0 Å². The van der Waals surface area contributed by atoms with Crippen LogP contribution < -0.4 is 5.73 Å². The third-order valence-corrected chi connectivity index (χ3v) is 3.38. The van der Waals surface area contributed by atoms with Crippen LogP contribution in [0.5, 0.6) is 0 Å². The van der Waals surface area contributed by atoms with Crippen molar-refractivity contribution in [2.75, 3.05) is 26.0 Å². The number of nitrogens with zero attached hydrogens (tertiary/aromatic N) is 1. The van der Waals surface area contributed by atoms with Gasteiger partial charge in [0.15, 0.2) is 0 Å². The average molecular weight is 303 g/mol. The molecule has 88 valence electrons. The van der Waals surface area contributed by atoms with E-state index in [9.17, 15) is 0 Å². The first-order chi connectivity index (χ1) is 7.72. The van der Waals surface area contributed by atoms with Gasteiger partial charge in [0.25, 0.3) is 0 Å². The van der Waals surface area contributed by atoms with Crippen molar-refractivity contribution in [2.45, 2.75) is 4.90 Å². The molecule has 16 heavy (non-hydrogen) atoms. The van der Waals surface area contributed by atoms with E-state index in [1.807, 2.05) is 12.1 Å².